The van der Waals surface area contributed by atoms with Crippen molar-refractivity contribution in [3.05, 3.63) is 19.8 Å². The molecule has 0 aliphatic rings. The maximum Gasteiger partial charge on any atom is 0.338 e. The Bertz CT molecular complexity index is 425. The van der Waals surface area contributed by atoms with Gasteiger partial charge in [0.05, 0.1) is 14.2 Å². The van der Waals surface area contributed by atoms with Crippen LogP contribution in [0.2, 0.25) is 0 Å². The first kappa shape index (κ1) is 12.2. The van der Waals surface area contributed by atoms with E-state index in [0.29, 0.717) is 14.2 Å². The SMILES string of the molecule is Cc1c(C(=O)N(C)C)sc(Br)c1C(=O)O. The molecule has 1 aromatic rings. The summed E-state index contributed by atoms with van der Waals surface area (Å²) in [6.07, 6.45) is 0. The van der Waals surface area contributed by atoms with Gasteiger partial charge >= 0.3 is 5.97 Å². The van der Waals surface area contributed by atoms with Crippen molar-refractivity contribution in [1.82, 2.24) is 4.90 Å². The minimum atomic E-state index is -1.02. The van der Waals surface area contributed by atoms with Crippen molar-refractivity contribution >= 4 is 39.1 Å². The second kappa shape index (κ2) is 4.32. The highest BCUT2D eigenvalue weighted by Crippen LogP contribution is 2.33. The Balaban J connectivity index is 3.30. The van der Waals surface area contributed by atoms with Crippen molar-refractivity contribution in [3.8, 4) is 0 Å². The van der Waals surface area contributed by atoms with Gasteiger partial charge in [-0.15, -0.1) is 11.3 Å². The molecule has 1 amide bonds. The highest BCUT2D eigenvalue weighted by Gasteiger charge is 2.23. The van der Waals surface area contributed by atoms with Crippen LogP contribution >= 0.6 is 27.3 Å². The van der Waals surface area contributed by atoms with E-state index in [-0.39, 0.29) is 11.5 Å². The highest BCUT2D eigenvalue weighted by atomic mass is 79.9. The predicted molar refractivity (Wildman–Crippen MR) is 61.7 cm³/mol. The van der Waals surface area contributed by atoms with Gasteiger partial charge in [-0.25, -0.2) is 4.79 Å². The Morgan fingerprint density at radius 1 is 1.40 bits per heavy atom. The smallest absolute Gasteiger partial charge is 0.338 e. The Labute approximate surface area is 99.6 Å². The number of hydrogen-bond acceptors (Lipinski definition) is 3. The van der Waals surface area contributed by atoms with Gasteiger partial charge in [-0.1, -0.05) is 0 Å². The molecule has 1 aromatic heterocycles. The van der Waals surface area contributed by atoms with E-state index >= 15 is 0 Å². The number of carbonyl (C=O) groups excluding carboxylic acids is 1. The molecule has 0 aliphatic heterocycles. The van der Waals surface area contributed by atoms with E-state index in [4.69, 9.17) is 5.11 Å². The van der Waals surface area contributed by atoms with E-state index in [2.05, 4.69) is 15.9 Å². The molecular formula is C9H10BrNO3S. The summed E-state index contributed by atoms with van der Waals surface area (Å²) in [7, 11) is 3.27. The van der Waals surface area contributed by atoms with Crippen molar-refractivity contribution in [1.29, 1.82) is 0 Å². The lowest BCUT2D eigenvalue weighted by Gasteiger charge is -2.08. The molecular weight excluding hydrogens is 282 g/mol. The average Bonchev–Trinajstić information content (AvgIpc) is 2.40. The molecule has 0 bridgehead atoms. The van der Waals surface area contributed by atoms with Gasteiger partial charge < -0.3 is 10.0 Å². The van der Waals surface area contributed by atoms with Gasteiger partial charge in [0.2, 0.25) is 0 Å². The summed E-state index contributed by atoms with van der Waals surface area (Å²) in [5.74, 6) is -1.20. The molecule has 0 aromatic carbocycles. The molecule has 15 heavy (non-hydrogen) atoms. The molecule has 6 heteroatoms. The Hall–Kier alpha value is -0.880. The van der Waals surface area contributed by atoms with Gasteiger partial charge in [0, 0.05) is 14.1 Å². The van der Waals surface area contributed by atoms with Gasteiger partial charge in [0.1, 0.15) is 0 Å². The first-order chi connectivity index (χ1) is 6.86. The molecule has 1 N–H and O–H groups in total. The van der Waals surface area contributed by atoms with Crippen molar-refractivity contribution < 1.29 is 14.7 Å². The number of nitrogens with zero attached hydrogens (tertiary/aromatic N) is 1. The molecule has 0 saturated heterocycles. The fourth-order valence-electron chi connectivity index (χ4n) is 1.13. The minimum Gasteiger partial charge on any atom is -0.478 e. The molecule has 0 fully saturated rings. The minimum absolute atomic E-state index is 0.171. The average molecular weight is 292 g/mol. The quantitative estimate of drug-likeness (QED) is 0.909. The van der Waals surface area contributed by atoms with E-state index in [1.165, 1.54) is 4.90 Å². The summed E-state index contributed by atoms with van der Waals surface area (Å²) in [5, 5.41) is 8.93. The van der Waals surface area contributed by atoms with Gasteiger partial charge in [-0.05, 0) is 28.4 Å². The third-order valence-corrected chi connectivity index (χ3v) is 3.87. The summed E-state index contributed by atoms with van der Waals surface area (Å²) in [6, 6.07) is 0. The standard InChI is InChI=1S/C9H10BrNO3S/c1-4-5(9(13)14)7(10)15-6(4)8(12)11(2)3/h1-3H3,(H,13,14). The van der Waals surface area contributed by atoms with Gasteiger partial charge in [0.25, 0.3) is 5.91 Å². The lowest BCUT2D eigenvalue weighted by Crippen LogP contribution is -2.21. The summed E-state index contributed by atoms with van der Waals surface area (Å²) < 4.78 is 0.484. The van der Waals surface area contributed by atoms with E-state index in [1.807, 2.05) is 0 Å². The number of carbonyl (C=O) groups is 2. The number of hydrogen-bond donors (Lipinski definition) is 1. The number of aromatic carboxylic acids is 1. The maximum absolute atomic E-state index is 11.7. The maximum atomic E-state index is 11.7. The van der Waals surface area contributed by atoms with Crippen molar-refractivity contribution in [2.75, 3.05) is 14.1 Å². The number of amides is 1. The number of halogens is 1. The van der Waals surface area contributed by atoms with Gasteiger partial charge in [-0.2, -0.15) is 0 Å². The zero-order valence-electron chi connectivity index (χ0n) is 8.50. The molecule has 0 unspecified atom stereocenters. The van der Waals surface area contributed by atoms with Crippen LogP contribution in [0.15, 0.2) is 3.79 Å². The van der Waals surface area contributed by atoms with E-state index < -0.39 is 5.97 Å². The van der Waals surface area contributed by atoms with Gasteiger partial charge in [-0.3, -0.25) is 4.79 Å². The Kier molecular flexibility index (Phi) is 3.51. The zero-order chi connectivity index (χ0) is 11.7. The molecule has 1 heterocycles. The normalized spacial score (nSPS) is 10.1. The fraction of sp³-hybridized carbons (Fsp3) is 0.333. The topological polar surface area (TPSA) is 57.6 Å². The monoisotopic (exact) mass is 291 g/mol. The van der Waals surface area contributed by atoms with E-state index in [0.717, 1.165) is 11.3 Å². The van der Waals surface area contributed by atoms with Crippen molar-refractivity contribution in [3.63, 3.8) is 0 Å². The lowest BCUT2D eigenvalue weighted by atomic mass is 10.1. The molecule has 0 spiro atoms. The summed E-state index contributed by atoms with van der Waals surface area (Å²) in [6.45, 7) is 1.64. The fourth-order valence-corrected chi connectivity index (χ4v) is 3.13. The van der Waals surface area contributed by atoms with Crippen LogP contribution in [0.4, 0.5) is 0 Å². The van der Waals surface area contributed by atoms with Crippen LogP contribution in [-0.4, -0.2) is 36.0 Å². The predicted octanol–water partition coefficient (Wildman–Crippen LogP) is 2.22. The van der Waals surface area contributed by atoms with Crippen LogP contribution in [0, 0.1) is 6.92 Å². The van der Waals surface area contributed by atoms with Crippen LogP contribution in [-0.2, 0) is 0 Å². The third-order valence-electron chi connectivity index (χ3n) is 1.92. The number of rotatable bonds is 2. The molecule has 82 valence electrons. The highest BCUT2D eigenvalue weighted by molar-refractivity contribution is 9.11. The summed E-state index contributed by atoms with van der Waals surface area (Å²) in [4.78, 5) is 24.5. The molecule has 1 rings (SSSR count). The third kappa shape index (κ3) is 2.21. The van der Waals surface area contributed by atoms with Crippen molar-refractivity contribution in [2.45, 2.75) is 6.92 Å². The summed E-state index contributed by atoms with van der Waals surface area (Å²) in [5.41, 5.74) is 0.684. The van der Waals surface area contributed by atoms with Crippen LogP contribution in [0.25, 0.3) is 0 Å². The van der Waals surface area contributed by atoms with Gasteiger partial charge in [0.15, 0.2) is 0 Å². The van der Waals surface area contributed by atoms with E-state index in [1.54, 1.807) is 21.0 Å². The molecule has 0 atom stereocenters. The Morgan fingerprint density at radius 3 is 2.27 bits per heavy atom. The number of carboxylic acid groups (broad SMARTS) is 1. The van der Waals surface area contributed by atoms with Crippen LogP contribution in [0.5, 0.6) is 0 Å². The summed E-state index contributed by atoms with van der Waals surface area (Å²) >= 11 is 4.30. The first-order valence-corrected chi connectivity index (χ1v) is 5.71. The number of carboxylic acids is 1. The first-order valence-electron chi connectivity index (χ1n) is 4.10. The van der Waals surface area contributed by atoms with Crippen LogP contribution in [0.1, 0.15) is 25.6 Å². The second-order valence-corrected chi connectivity index (χ2v) is 5.55. The zero-order valence-corrected chi connectivity index (χ0v) is 10.9. The van der Waals surface area contributed by atoms with Crippen molar-refractivity contribution in [2.24, 2.45) is 0 Å². The van der Waals surface area contributed by atoms with Crippen LogP contribution < -0.4 is 0 Å². The number of thiophene rings is 1. The second-order valence-electron chi connectivity index (χ2n) is 3.21. The Morgan fingerprint density at radius 2 is 1.93 bits per heavy atom. The molecule has 0 saturated carbocycles. The van der Waals surface area contributed by atoms with E-state index in [9.17, 15) is 9.59 Å². The lowest BCUT2D eigenvalue weighted by molar-refractivity contribution is 0.0696. The van der Waals surface area contributed by atoms with Crippen LogP contribution in [0.3, 0.4) is 0 Å². The largest absolute Gasteiger partial charge is 0.478 e. The molecule has 0 radical (unpaired) electrons. The molecule has 4 nitrogen and oxygen atoms in total. The molecule has 0 aliphatic carbocycles.